The number of methoxy groups -OCH3 is 4. The fourth-order valence-electron chi connectivity index (χ4n) is 4.20. The van der Waals surface area contributed by atoms with Crippen LogP contribution in [0.2, 0.25) is 0 Å². The molecule has 166 valence electrons. The van der Waals surface area contributed by atoms with E-state index in [1.165, 1.54) is 28.4 Å². The minimum atomic E-state index is -0.400. The number of benzene rings is 3. The number of carbonyl (C=O) groups excluding carboxylic acids is 1. The third kappa shape index (κ3) is 3.45. The molecule has 1 aliphatic rings. The number of nitrogens with zero attached hydrogens (tertiary/aromatic N) is 1. The van der Waals surface area contributed by atoms with Crippen LogP contribution in [0, 0.1) is 0 Å². The number of carbonyl (C=O) groups is 1. The van der Waals surface area contributed by atoms with Crippen molar-refractivity contribution in [1.29, 1.82) is 0 Å². The van der Waals surface area contributed by atoms with Crippen LogP contribution in [0.25, 0.3) is 0 Å². The lowest BCUT2D eigenvalue weighted by molar-refractivity contribution is -0.126. The fourth-order valence-corrected chi connectivity index (χ4v) is 4.20. The predicted octanol–water partition coefficient (Wildman–Crippen LogP) is 4.30. The Hall–Kier alpha value is -3.87. The molecule has 1 heterocycles. The number of anilines is 1. The molecule has 2 atom stereocenters. The van der Waals surface area contributed by atoms with Crippen molar-refractivity contribution in [1.82, 2.24) is 0 Å². The summed E-state index contributed by atoms with van der Waals surface area (Å²) in [5.41, 5.74) is 2.30. The summed E-state index contributed by atoms with van der Waals surface area (Å²) in [6.45, 7) is 0. The van der Waals surface area contributed by atoms with Gasteiger partial charge in [-0.1, -0.05) is 36.4 Å². The lowest BCUT2D eigenvalue weighted by atomic mass is 9.77. The molecule has 1 aliphatic heterocycles. The maximum absolute atomic E-state index is 13.4. The molecule has 0 saturated carbocycles. The van der Waals surface area contributed by atoms with Gasteiger partial charge in [0.2, 0.25) is 11.7 Å². The van der Waals surface area contributed by atoms with E-state index in [9.17, 15) is 9.90 Å². The standard InChI is InChI=1S/C25H25NO6/c1-29-19-11-10-16(12-18(19)27)23-22(15-8-6-5-7-9-15)25(28)26(23)17-13-20(30-2)24(32-4)21(14-17)31-3/h5-14,22-23,27H,1-4H3/t22-,23-/m1/s1. The van der Waals surface area contributed by atoms with Gasteiger partial charge < -0.3 is 29.0 Å². The molecule has 3 aromatic carbocycles. The van der Waals surface area contributed by atoms with Gasteiger partial charge in [0.05, 0.1) is 46.1 Å². The summed E-state index contributed by atoms with van der Waals surface area (Å²) in [5, 5.41) is 10.4. The first-order valence-electron chi connectivity index (χ1n) is 10.1. The number of hydrogen-bond acceptors (Lipinski definition) is 6. The molecule has 32 heavy (non-hydrogen) atoms. The first kappa shape index (κ1) is 21.4. The minimum absolute atomic E-state index is 0.0148. The van der Waals surface area contributed by atoms with Gasteiger partial charge in [-0.2, -0.15) is 0 Å². The van der Waals surface area contributed by atoms with Gasteiger partial charge in [0.15, 0.2) is 23.0 Å². The summed E-state index contributed by atoms with van der Waals surface area (Å²) in [6.07, 6.45) is 0. The van der Waals surface area contributed by atoms with Gasteiger partial charge in [-0.15, -0.1) is 0 Å². The number of ether oxygens (including phenoxy) is 4. The van der Waals surface area contributed by atoms with Crippen LogP contribution in [0.5, 0.6) is 28.7 Å². The van der Waals surface area contributed by atoms with Crippen molar-refractivity contribution in [3.8, 4) is 28.7 Å². The number of hydrogen-bond donors (Lipinski definition) is 1. The average molecular weight is 435 g/mol. The molecule has 7 nitrogen and oxygen atoms in total. The SMILES string of the molecule is COc1ccc([C@@H]2[C@@H](c3ccccc3)C(=O)N2c2cc(OC)c(OC)c(OC)c2)cc1O. The second kappa shape index (κ2) is 8.70. The summed E-state index contributed by atoms with van der Waals surface area (Å²) < 4.78 is 21.5. The highest BCUT2D eigenvalue weighted by molar-refractivity contribution is 6.07. The van der Waals surface area contributed by atoms with E-state index in [1.54, 1.807) is 29.2 Å². The van der Waals surface area contributed by atoms with Crippen molar-refractivity contribution in [2.75, 3.05) is 33.3 Å². The smallest absolute Gasteiger partial charge is 0.237 e. The number of rotatable bonds is 7. The summed E-state index contributed by atoms with van der Waals surface area (Å²) in [6, 6.07) is 17.9. The van der Waals surface area contributed by atoms with E-state index >= 15 is 0 Å². The van der Waals surface area contributed by atoms with Gasteiger partial charge in [0.25, 0.3) is 0 Å². The van der Waals surface area contributed by atoms with E-state index in [4.69, 9.17) is 18.9 Å². The summed E-state index contributed by atoms with van der Waals surface area (Å²) in [7, 11) is 6.09. The molecule has 1 fully saturated rings. The third-order valence-electron chi connectivity index (χ3n) is 5.73. The van der Waals surface area contributed by atoms with E-state index in [0.717, 1.165) is 11.1 Å². The Morgan fingerprint density at radius 1 is 0.750 bits per heavy atom. The molecule has 3 aromatic rings. The summed E-state index contributed by atoms with van der Waals surface area (Å²) in [5.74, 6) is 1.28. The molecule has 0 bridgehead atoms. The van der Waals surface area contributed by atoms with Crippen molar-refractivity contribution in [3.63, 3.8) is 0 Å². The Balaban J connectivity index is 1.84. The summed E-state index contributed by atoms with van der Waals surface area (Å²) >= 11 is 0. The molecule has 0 spiro atoms. The van der Waals surface area contributed by atoms with Gasteiger partial charge in [0, 0.05) is 12.1 Å². The van der Waals surface area contributed by atoms with E-state index < -0.39 is 5.92 Å². The molecule has 0 radical (unpaired) electrons. The Morgan fingerprint density at radius 3 is 1.91 bits per heavy atom. The predicted molar refractivity (Wildman–Crippen MR) is 120 cm³/mol. The van der Waals surface area contributed by atoms with Crippen molar-refractivity contribution >= 4 is 11.6 Å². The average Bonchev–Trinajstić information content (AvgIpc) is 2.82. The van der Waals surface area contributed by atoms with Gasteiger partial charge in [-0.3, -0.25) is 4.79 Å². The molecule has 1 saturated heterocycles. The molecule has 0 aliphatic carbocycles. The molecule has 0 unspecified atom stereocenters. The van der Waals surface area contributed by atoms with Crippen molar-refractivity contribution in [2.24, 2.45) is 0 Å². The zero-order valence-corrected chi connectivity index (χ0v) is 18.4. The van der Waals surface area contributed by atoms with Gasteiger partial charge in [-0.25, -0.2) is 0 Å². The maximum Gasteiger partial charge on any atom is 0.237 e. The van der Waals surface area contributed by atoms with Crippen LogP contribution in [-0.4, -0.2) is 39.5 Å². The van der Waals surface area contributed by atoms with Crippen LogP contribution in [0.4, 0.5) is 5.69 Å². The molecule has 4 rings (SSSR count). The zero-order chi connectivity index (χ0) is 22.8. The molecular formula is C25H25NO6. The number of aromatic hydroxyl groups is 1. The number of β-lactam (4-membered cyclic amide) rings is 1. The molecule has 1 amide bonds. The Kier molecular flexibility index (Phi) is 5.81. The Morgan fingerprint density at radius 2 is 1.38 bits per heavy atom. The van der Waals surface area contributed by atoms with Gasteiger partial charge >= 0.3 is 0 Å². The number of phenolic OH excluding ortho intramolecular Hbond substituents is 1. The highest BCUT2D eigenvalue weighted by Gasteiger charge is 2.50. The highest BCUT2D eigenvalue weighted by atomic mass is 16.5. The fraction of sp³-hybridized carbons (Fsp3) is 0.240. The van der Waals surface area contributed by atoms with Crippen LogP contribution in [0.1, 0.15) is 23.1 Å². The van der Waals surface area contributed by atoms with Crippen molar-refractivity contribution < 1.29 is 28.8 Å². The first-order valence-corrected chi connectivity index (χ1v) is 10.1. The lowest BCUT2D eigenvalue weighted by Gasteiger charge is -2.48. The lowest BCUT2D eigenvalue weighted by Crippen LogP contribution is -2.53. The molecule has 0 aromatic heterocycles. The Labute approximate surface area is 186 Å². The van der Waals surface area contributed by atoms with Crippen LogP contribution in [-0.2, 0) is 4.79 Å². The third-order valence-corrected chi connectivity index (χ3v) is 5.73. The van der Waals surface area contributed by atoms with E-state index in [0.29, 0.717) is 28.7 Å². The van der Waals surface area contributed by atoms with Crippen molar-refractivity contribution in [3.05, 3.63) is 71.8 Å². The largest absolute Gasteiger partial charge is 0.504 e. The number of phenols is 1. The van der Waals surface area contributed by atoms with Crippen molar-refractivity contribution in [2.45, 2.75) is 12.0 Å². The highest BCUT2D eigenvalue weighted by Crippen LogP contribution is 2.52. The van der Waals surface area contributed by atoms with Gasteiger partial charge in [-0.05, 0) is 23.3 Å². The zero-order valence-electron chi connectivity index (χ0n) is 18.4. The normalized spacial score (nSPS) is 17.5. The van der Waals surface area contributed by atoms with Gasteiger partial charge in [0.1, 0.15) is 0 Å². The van der Waals surface area contributed by atoms with E-state index in [1.807, 2.05) is 36.4 Å². The Bertz CT molecular complexity index is 1110. The second-order valence-electron chi connectivity index (χ2n) is 7.36. The van der Waals surface area contributed by atoms with Crippen LogP contribution in [0.3, 0.4) is 0 Å². The monoisotopic (exact) mass is 435 g/mol. The van der Waals surface area contributed by atoms with E-state index in [2.05, 4.69) is 0 Å². The van der Waals surface area contributed by atoms with Crippen LogP contribution in [0.15, 0.2) is 60.7 Å². The topological polar surface area (TPSA) is 77.5 Å². The minimum Gasteiger partial charge on any atom is -0.504 e. The quantitative estimate of drug-likeness (QED) is 0.558. The second-order valence-corrected chi connectivity index (χ2v) is 7.36. The van der Waals surface area contributed by atoms with Crippen LogP contribution >= 0.6 is 0 Å². The molecule has 1 N–H and O–H groups in total. The van der Waals surface area contributed by atoms with Crippen LogP contribution < -0.4 is 23.8 Å². The number of amides is 1. The molecule has 7 heteroatoms. The molecular weight excluding hydrogens is 410 g/mol. The first-order chi connectivity index (χ1) is 15.5. The maximum atomic E-state index is 13.4. The van der Waals surface area contributed by atoms with E-state index in [-0.39, 0.29) is 17.7 Å². The summed E-state index contributed by atoms with van der Waals surface area (Å²) in [4.78, 5) is 15.1.